The van der Waals surface area contributed by atoms with E-state index in [4.69, 9.17) is 9.47 Å². The van der Waals surface area contributed by atoms with E-state index in [1.807, 2.05) is 38.1 Å². The minimum Gasteiger partial charge on any atom is -0.481 e. The van der Waals surface area contributed by atoms with E-state index in [9.17, 15) is 9.59 Å². The molecule has 1 atom stereocenters. The second-order valence-corrected chi connectivity index (χ2v) is 5.81. The zero-order valence-corrected chi connectivity index (χ0v) is 15.0. The highest BCUT2D eigenvalue weighted by Gasteiger charge is 2.16. The van der Waals surface area contributed by atoms with Gasteiger partial charge in [-0.2, -0.15) is 0 Å². The van der Waals surface area contributed by atoms with E-state index in [0.29, 0.717) is 23.6 Å². The van der Waals surface area contributed by atoms with Crippen LogP contribution in [0.3, 0.4) is 0 Å². The van der Waals surface area contributed by atoms with Gasteiger partial charge in [0.05, 0.1) is 12.2 Å². The summed E-state index contributed by atoms with van der Waals surface area (Å²) in [5.41, 5.74) is 3.00. The Balaban J connectivity index is 2.01. The molecule has 0 spiro atoms. The maximum atomic E-state index is 12.3. The number of rotatable bonds is 6. The molecular weight excluding hydrogens is 318 g/mol. The van der Waals surface area contributed by atoms with Gasteiger partial charge in [0.1, 0.15) is 5.75 Å². The molecule has 2 rings (SSSR count). The molecule has 5 heteroatoms. The van der Waals surface area contributed by atoms with E-state index in [-0.39, 0.29) is 11.9 Å². The van der Waals surface area contributed by atoms with Crippen LogP contribution in [0.2, 0.25) is 0 Å². The van der Waals surface area contributed by atoms with Gasteiger partial charge in [-0.15, -0.1) is 0 Å². The molecule has 0 bridgehead atoms. The quantitative estimate of drug-likeness (QED) is 0.810. The second kappa shape index (κ2) is 8.33. The van der Waals surface area contributed by atoms with Crippen molar-refractivity contribution in [3.63, 3.8) is 0 Å². The largest absolute Gasteiger partial charge is 0.481 e. The van der Waals surface area contributed by atoms with Crippen molar-refractivity contribution >= 4 is 17.6 Å². The van der Waals surface area contributed by atoms with E-state index >= 15 is 0 Å². The molecule has 0 aliphatic rings. The zero-order chi connectivity index (χ0) is 18.4. The van der Waals surface area contributed by atoms with E-state index in [2.05, 4.69) is 5.32 Å². The maximum Gasteiger partial charge on any atom is 0.338 e. The fourth-order valence-corrected chi connectivity index (χ4v) is 2.25. The van der Waals surface area contributed by atoms with Gasteiger partial charge in [0, 0.05) is 5.69 Å². The first-order valence-electron chi connectivity index (χ1n) is 8.22. The molecule has 5 nitrogen and oxygen atoms in total. The highest BCUT2D eigenvalue weighted by molar-refractivity contribution is 5.96. The van der Waals surface area contributed by atoms with Crippen LogP contribution in [0.1, 0.15) is 35.3 Å². The Morgan fingerprint density at radius 3 is 2.36 bits per heavy atom. The third kappa shape index (κ3) is 5.08. The summed E-state index contributed by atoms with van der Waals surface area (Å²) in [5.74, 6) is 0.00902. The summed E-state index contributed by atoms with van der Waals surface area (Å²) >= 11 is 0. The summed E-state index contributed by atoms with van der Waals surface area (Å²) in [5, 5.41) is 2.82. The fourth-order valence-electron chi connectivity index (χ4n) is 2.25. The molecule has 0 radical (unpaired) electrons. The van der Waals surface area contributed by atoms with Crippen LogP contribution in [0.5, 0.6) is 5.75 Å². The standard InChI is InChI=1S/C20H23NO4/c1-5-24-20(23)16-8-11-18(14(3)12-16)21-19(22)15(4)25-17-9-6-13(2)7-10-17/h6-12,15H,5H2,1-4H3,(H,21,22)/t15-/m0/s1. The molecular formula is C20H23NO4. The predicted octanol–water partition coefficient (Wildman–Crippen LogP) is 3.89. The van der Waals surface area contributed by atoms with Crippen LogP contribution in [0, 0.1) is 13.8 Å². The summed E-state index contributed by atoms with van der Waals surface area (Å²) in [7, 11) is 0. The lowest BCUT2D eigenvalue weighted by Gasteiger charge is -2.16. The lowest BCUT2D eigenvalue weighted by atomic mass is 10.1. The molecule has 0 saturated carbocycles. The number of carbonyl (C=O) groups excluding carboxylic acids is 2. The molecule has 2 aromatic rings. The van der Waals surface area contributed by atoms with E-state index < -0.39 is 6.10 Å². The number of amides is 1. The van der Waals surface area contributed by atoms with Crippen LogP contribution in [0.15, 0.2) is 42.5 Å². The van der Waals surface area contributed by atoms with Gasteiger partial charge in [0.15, 0.2) is 6.10 Å². The van der Waals surface area contributed by atoms with Crippen LogP contribution in [-0.4, -0.2) is 24.6 Å². The number of benzene rings is 2. The van der Waals surface area contributed by atoms with Crippen molar-refractivity contribution in [3.05, 3.63) is 59.2 Å². The number of esters is 1. The molecule has 0 aromatic heterocycles. The van der Waals surface area contributed by atoms with Crippen LogP contribution >= 0.6 is 0 Å². The first kappa shape index (κ1) is 18.5. The van der Waals surface area contributed by atoms with Gasteiger partial charge in [-0.1, -0.05) is 17.7 Å². The van der Waals surface area contributed by atoms with Gasteiger partial charge in [-0.25, -0.2) is 4.79 Å². The van der Waals surface area contributed by atoms with Crippen LogP contribution < -0.4 is 10.1 Å². The summed E-state index contributed by atoms with van der Waals surface area (Å²) in [6, 6.07) is 12.5. The van der Waals surface area contributed by atoms with Crippen molar-refractivity contribution in [2.75, 3.05) is 11.9 Å². The Morgan fingerprint density at radius 2 is 1.76 bits per heavy atom. The minimum atomic E-state index is -0.646. The Hall–Kier alpha value is -2.82. The molecule has 0 unspecified atom stereocenters. The van der Waals surface area contributed by atoms with Gasteiger partial charge in [-0.3, -0.25) is 4.79 Å². The number of hydrogen-bond donors (Lipinski definition) is 1. The minimum absolute atomic E-state index is 0.257. The number of ether oxygens (including phenoxy) is 2. The van der Waals surface area contributed by atoms with Crippen molar-refractivity contribution in [3.8, 4) is 5.75 Å². The molecule has 132 valence electrons. The SMILES string of the molecule is CCOC(=O)c1ccc(NC(=O)[C@H](C)Oc2ccc(C)cc2)c(C)c1. The highest BCUT2D eigenvalue weighted by Crippen LogP contribution is 2.19. The van der Waals surface area contributed by atoms with Crippen LogP contribution in [0.4, 0.5) is 5.69 Å². The Kier molecular flexibility index (Phi) is 6.17. The van der Waals surface area contributed by atoms with Crippen LogP contribution in [-0.2, 0) is 9.53 Å². The predicted molar refractivity (Wildman–Crippen MR) is 97.0 cm³/mol. The summed E-state index contributed by atoms with van der Waals surface area (Å²) in [4.78, 5) is 24.1. The third-order valence-electron chi connectivity index (χ3n) is 3.70. The monoisotopic (exact) mass is 341 g/mol. The van der Waals surface area contributed by atoms with E-state index in [1.165, 1.54) is 0 Å². The molecule has 0 saturated heterocycles. The van der Waals surface area contributed by atoms with E-state index in [0.717, 1.165) is 11.1 Å². The third-order valence-corrected chi connectivity index (χ3v) is 3.70. The van der Waals surface area contributed by atoms with Crippen LogP contribution in [0.25, 0.3) is 0 Å². The summed E-state index contributed by atoms with van der Waals surface area (Å²) in [6.07, 6.45) is -0.646. The lowest BCUT2D eigenvalue weighted by Crippen LogP contribution is -2.30. The molecule has 2 aromatic carbocycles. The first-order valence-corrected chi connectivity index (χ1v) is 8.22. The van der Waals surface area contributed by atoms with Gasteiger partial charge in [0.25, 0.3) is 5.91 Å². The second-order valence-electron chi connectivity index (χ2n) is 5.81. The molecule has 0 heterocycles. The maximum absolute atomic E-state index is 12.3. The normalized spacial score (nSPS) is 11.5. The lowest BCUT2D eigenvalue weighted by molar-refractivity contribution is -0.122. The summed E-state index contributed by atoms with van der Waals surface area (Å²) in [6.45, 7) is 7.59. The van der Waals surface area contributed by atoms with Crippen molar-refractivity contribution in [1.82, 2.24) is 0 Å². The van der Waals surface area contributed by atoms with Gasteiger partial charge in [0.2, 0.25) is 0 Å². The smallest absolute Gasteiger partial charge is 0.338 e. The average molecular weight is 341 g/mol. The first-order chi connectivity index (χ1) is 11.9. The van der Waals surface area contributed by atoms with Gasteiger partial charge >= 0.3 is 5.97 Å². The van der Waals surface area contributed by atoms with Crippen molar-refractivity contribution in [2.24, 2.45) is 0 Å². The molecule has 0 aliphatic carbocycles. The Labute approximate surface area is 148 Å². The molecule has 0 fully saturated rings. The number of aryl methyl sites for hydroxylation is 2. The van der Waals surface area contributed by atoms with Crippen molar-refractivity contribution in [2.45, 2.75) is 33.8 Å². The molecule has 25 heavy (non-hydrogen) atoms. The topological polar surface area (TPSA) is 64.6 Å². The number of hydrogen-bond acceptors (Lipinski definition) is 4. The van der Waals surface area contributed by atoms with Gasteiger partial charge < -0.3 is 14.8 Å². The number of anilines is 1. The summed E-state index contributed by atoms with van der Waals surface area (Å²) < 4.78 is 10.6. The Bertz CT molecular complexity index is 753. The molecule has 1 N–H and O–H groups in total. The van der Waals surface area contributed by atoms with Crippen molar-refractivity contribution < 1.29 is 19.1 Å². The number of nitrogens with one attached hydrogen (secondary N) is 1. The Morgan fingerprint density at radius 1 is 1.08 bits per heavy atom. The van der Waals surface area contributed by atoms with E-state index in [1.54, 1.807) is 32.0 Å². The molecule has 0 aliphatic heterocycles. The average Bonchev–Trinajstić information content (AvgIpc) is 2.58. The number of carbonyl (C=O) groups is 2. The molecule has 1 amide bonds. The fraction of sp³-hybridized carbons (Fsp3) is 0.300. The van der Waals surface area contributed by atoms with Crippen molar-refractivity contribution in [1.29, 1.82) is 0 Å². The highest BCUT2D eigenvalue weighted by atomic mass is 16.5. The zero-order valence-electron chi connectivity index (χ0n) is 15.0. The van der Waals surface area contributed by atoms with Gasteiger partial charge in [-0.05, 0) is 63.6 Å².